The van der Waals surface area contributed by atoms with Crippen molar-refractivity contribution in [1.29, 1.82) is 0 Å². The van der Waals surface area contributed by atoms with Crippen LogP contribution in [0.3, 0.4) is 0 Å². The van der Waals surface area contributed by atoms with Crippen LogP contribution in [0, 0.1) is 6.92 Å². The van der Waals surface area contributed by atoms with E-state index in [1.807, 2.05) is 31.2 Å². The van der Waals surface area contributed by atoms with Gasteiger partial charge in [-0.1, -0.05) is 12.1 Å². The fraction of sp³-hybridized carbons (Fsp3) is 0.533. The summed E-state index contributed by atoms with van der Waals surface area (Å²) in [7, 11) is 0. The first kappa shape index (κ1) is 15.5. The van der Waals surface area contributed by atoms with Gasteiger partial charge < -0.3 is 14.4 Å². The van der Waals surface area contributed by atoms with E-state index in [1.54, 1.807) is 0 Å². The molecular weight excluding hydrogens is 242 g/mol. The van der Waals surface area contributed by atoms with Crippen LogP contribution in [-0.4, -0.2) is 38.8 Å². The van der Waals surface area contributed by atoms with Gasteiger partial charge in [0.1, 0.15) is 18.9 Å². The third-order valence-corrected chi connectivity index (χ3v) is 3.06. The second-order valence-corrected chi connectivity index (χ2v) is 4.53. The van der Waals surface area contributed by atoms with Gasteiger partial charge in [0.2, 0.25) is 0 Å². The van der Waals surface area contributed by atoms with Gasteiger partial charge in [0.15, 0.2) is 6.61 Å². The molecule has 0 atom stereocenters. The molecule has 0 bridgehead atoms. The minimum atomic E-state index is -0.312. The Morgan fingerprint density at radius 2 is 2.00 bits per heavy atom. The minimum absolute atomic E-state index is 0.0307. The molecule has 0 aliphatic rings. The number of rotatable bonds is 8. The van der Waals surface area contributed by atoms with Crippen LogP contribution in [-0.2, 0) is 9.53 Å². The predicted octanol–water partition coefficient (Wildman–Crippen LogP) is 0.842. The number of likely N-dealkylation sites (N-methyl/N-ethyl adjacent to an activating group) is 1. The molecule has 4 heteroatoms. The van der Waals surface area contributed by atoms with Crippen LogP contribution in [0.5, 0.6) is 5.75 Å². The topological polar surface area (TPSA) is 40.0 Å². The summed E-state index contributed by atoms with van der Waals surface area (Å²) in [6.07, 6.45) is 0. The van der Waals surface area contributed by atoms with Gasteiger partial charge in [0, 0.05) is 0 Å². The number of ether oxygens (including phenoxy) is 2. The van der Waals surface area contributed by atoms with Crippen molar-refractivity contribution in [3.8, 4) is 5.75 Å². The van der Waals surface area contributed by atoms with E-state index in [4.69, 9.17) is 9.47 Å². The van der Waals surface area contributed by atoms with Crippen molar-refractivity contribution < 1.29 is 19.2 Å². The van der Waals surface area contributed by atoms with Crippen LogP contribution >= 0.6 is 0 Å². The average Bonchev–Trinajstić information content (AvgIpc) is 2.41. The molecule has 0 unspecified atom stereocenters. The number of aryl methyl sites for hydroxylation is 1. The first-order valence-electron chi connectivity index (χ1n) is 6.84. The summed E-state index contributed by atoms with van der Waals surface area (Å²) in [5, 5.41) is 0. The molecule has 0 amide bonds. The lowest BCUT2D eigenvalue weighted by Crippen LogP contribution is -3.11. The molecule has 0 saturated carbocycles. The number of benzene rings is 1. The molecule has 1 aromatic rings. The standard InChI is InChI=1S/C15H23NO3/c1-4-16(5-2)9-10-18-15(17)12-19-14-8-6-7-13(3)11-14/h6-8,11H,4-5,9-10,12H2,1-3H3/p+1. The second-order valence-electron chi connectivity index (χ2n) is 4.53. The number of hydrogen-bond acceptors (Lipinski definition) is 3. The maximum Gasteiger partial charge on any atom is 0.344 e. The highest BCUT2D eigenvalue weighted by atomic mass is 16.6. The lowest BCUT2D eigenvalue weighted by molar-refractivity contribution is -0.896. The summed E-state index contributed by atoms with van der Waals surface area (Å²) in [6.45, 7) is 9.61. The van der Waals surface area contributed by atoms with Crippen LogP contribution < -0.4 is 9.64 Å². The first-order chi connectivity index (χ1) is 9.15. The molecule has 0 radical (unpaired) electrons. The second kappa shape index (κ2) is 8.53. The molecule has 0 aliphatic heterocycles. The number of carbonyl (C=O) groups is 1. The van der Waals surface area contributed by atoms with Crippen LogP contribution in [0.2, 0.25) is 0 Å². The SMILES string of the molecule is CC[NH+](CC)CCOC(=O)COc1cccc(C)c1. The van der Waals surface area contributed by atoms with Gasteiger partial charge >= 0.3 is 5.97 Å². The zero-order chi connectivity index (χ0) is 14.1. The Kier molecular flexibility index (Phi) is 6.97. The Bertz CT molecular complexity index is 389. The van der Waals surface area contributed by atoms with Gasteiger partial charge in [0.25, 0.3) is 0 Å². The van der Waals surface area contributed by atoms with Crippen molar-refractivity contribution >= 4 is 5.97 Å². The lowest BCUT2D eigenvalue weighted by atomic mass is 10.2. The van der Waals surface area contributed by atoms with E-state index in [-0.39, 0.29) is 12.6 Å². The molecule has 4 nitrogen and oxygen atoms in total. The Hall–Kier alpha value is -1.55. The van der Waals surface area contributed by atoms with E-state index < -0.39 is 0 Å². The molecule has 1 aromatic carbocycles. The van der Waals surface area contributed by atoms with E-state index in [2.05, 4.69) is 13.8 Å². The summed E-state index contributed by atoms with van der Waals surface area (Å²) in [4.78, 5) is 12.9. The van der Waals surface area contributed by atoms with Crippen molar-refractivity contribution in [3.05, 3.63) is 29.8 Å². The third-order valence-electron chi connectivity index (χ3n) is 3.06. The first-order valence-corrected chi connectivity index (χ1v) is 6.84. The minimum Gasteiger partial charge on any atom is -0.482 e. The van der Waals surface area contributed by atoms with Crippen molar-refractivity contribution in [2.75, 3.05) is 32.8 Å². The Balaban J connectivity index is 2.21. The quantitative estimate of drug-likeness (QED) is 0.709. The lowest BCUT2D eigenvalue weighted by Gasteiger charge is -2.15. The van der Waals surface area contributed by atoms with Gasteiger partial charge in [-0.25, -0.2) is 4.79 Å². The van der Waals surface area contributed by atoms with Crippen molar-refractivity contribution in [3.63, 3.8) is 0 Å². The van der Waals surface area contributed by atoms with E-state index in [0.29, 0.717) is 12.4 Å². The maximum absolute atomic E-state index is 11.5. The summed E-state index contributed by atoms with van der Waals surface area (Å²) in [5.74, 6) is 0.388. The summed E-state index contributed by atoms with van der Waals surface area (Å²) in [5.41, 5.74) is 1.11. The molecular formula is C15H24NO3+. The monoisotopic (exact) mass is 266 g/mol. The molecule has 1 N–H and O–H groups in total. The molecule has 106 valence electrons. The maximum atomic E-state index is 11.5. The van der Waals surface area contributed by atoms with E-state index in [1.165, 1.54) is 4.90 Å². The van der Waals surface area contributed by atoms with Crippen LogP contribution in [0.4, 0.5) is 0 Å². The highest BCUT2D eigenvalue weighted by Crippen LogP contribution is 2.11. The summed E-state index contributed by atoms with van der Waals surface area (Å²) < 4.78 is 10.5. The highest BCUT2D eigenvalue weighted by Gasteiger charge is 2.07. The van der Waals surface area contributed by atoms with Crippen LogP contribution in [0.15, 0.2) is 24.3 Å². The fourth-order valence-corrected chi connectivity index (χ4v) is 1.80. The molecule has 0 saturated heterocycles. The zero-order valence-electron chi connectivity index (χ0n) is 12.1. The molecule has 19 heavy (non-hydrogen) atoms. The summed E-state index contributed by atoms with van der Waals surface area (Å²) >= 11 is 0. The fourth-order valence-electron chi connectivity index (χ4n) is 1.80. The van der Waals surface area contributed by atoms with Gasteiger partial charge in [-0.3, -0.25) is 0 Å². The van der Waals surface area contributed by atoms with Gasteiger partial charge in [-0.05, 0) is 38.5 Å². The van der Waals surface area contributed by atoms with Crippen molar-refractivity contribution in [1.82, 2.24) is 0 Å². The Morgan fingerprint density at radius 3 is 2.63 bits per heavy atom. The van der Waals surface area contributed by atoms with E-state index >= 15 is 0 Å². The number of nitrogens with one attached hydrogen (secondary N) is 1. The molecule has 1 rings (SSSR count). The van der Waals surface area contributed by atoms with Gasteiger partial charge in [-0.2, -0.15) is 0 Å². The highest BCUT2D eigenvalue weighted by molar-refractivity contribution is 5.71. The van der Waals surface area contributed by atoms with Crippen LogP contribution in [0.25, 0.3) is 0 Å². The van der Waals surface area contributed by atoms with Crippen molar-refractivity contribution in [2.24, 2.45) is 0 Å². The molecule has 0 fully saturated rings. The van der Waals surface area contributed by atoms with Crippen molar-refractivity contribution in [2.45, 2.75) is 20.8 Å². The number of carbonyl (C=O) groups excluding carboxylic acids is 1. The molecule has 0 aromatic heterocycles. The largest absolute Gasteiger partial charge is 0.482 e. The number of hydrogen-bond donors (Lipinski definition) is 1. The smallest absolute Gasteiger partial charge is 0.344 e. The van der Waals surface area contributed by atoms with E-state index in [0.717, 1.165) is 25.2 Å². The Labute approximate surface area is 115 Å². The average molecular weight is 266 g/mol. The zero-order valence-corrected chi connectivity index (χ0v) is 12.1. The normalized spacial score (nSPS) is 10.5. The number of esters is 1. The predicted molar refractivity (Wildman–Crippen MR) is 74.5 cm³/mol. The Morgan fingerprint density at radius 1 is 1.26 bits per heavy atom. The molecule has 0 aliphatic carbocycles. The summed E-state index contributed by atoms with van der Waals surface area (Å²) in [6, 6.07) is 7.62. The third kappa shape index (κ3) is 6.25. The molecule has 0 heterocycles. The van der Waals surface area contributed by atoms with Gasteiger partial charge in [-0.15, -0.1) is 0 Å². The molecule has 0 spiro atoms. The van der Waals surface area contributed by atoms with Crippen LogP contribution in [0.1, 0.15) is 19.4 Å². The van der Waals surface area contributed by atoms with Gasteiger partial charge in [0.05, 0.1) is 13.1 Å². The van der Waals surface area contributed by atoms with E-state index in [9.17, 15) is 4.79 Å². The number of quaternary nitrogens is 1.